The number of nitrogens with two attached hydrogens (primary N) is 1. The summed E-state index contributed by atoms with van der Waals surface area (Å²) >= 11 is 12.6. The lowest BCUT2D eigenvalue weighted by atomic mass is 9.62. The fourth-order valence-corrected chi connectivity index (χ4v) is 6.75. The lowest BCUT2D eigenvalue weighted by molar-refractivity contribution is -0.122. The minimum Gasteiger partial charge on any atom is -0.370 e. The number of hydrogen-bond acceptors (Lipinski definition) is 4. The van der Waals surface area contributed by atoms with E-state index in [2.05, 4.69) is 36.7 Å². The Morgan fingerprint density at radius 2 is 1.79 bits per heavy atom. The van der Waals surface area contributed by atoms with Gasteiger partial charge in [0.25, 0.3) is 0 Å². The number of primary amides is 1. The molecule has 0 unspecified atom stereocenters. The van der Waals surface area contributed by atoms with Gasteiger partial charge in [0, 0.05) is 34.8 Å². The van der Waals surface area contributed by atoms with Gasteiger partial charge in [-0.2, -0.15) is 0 Å². The summed E-state index contributed by atoms with van der Waals surface area (Å²) in [6, 6.07) is 15.4. The second-order valence-corrected chi connectivity index (χ2v) is 13.1. The van der Waals surface area contributed by atoms with Crippen molar-refractivity contribution in [2.75, 3.05) is 10.6 Å². The fourth-order valence-electron chi connectivity index (χ4n) is 6.39. The lowest BCUT2D eigenvalue weighted by Crippen LogP contribution is -2.49. The first-order valence-corrected chi connectivity index (χ1v) is 14.6. The molecule has 42 heavy (non-hydrogen) atoms. The molecule has 0 saturated carbocycles. The molecule has 4 atom stereocenters. The monoisotopic (exact) mass is 610 g/mol. The zero-order valence-electron chi connectivity index (χ0n) is 23.6. The molecule has 5 N–H and O–H groups in total. The maximum absolute atomic E-state index is 15.9. The first-order chi connectivity index (χ1) is 19.8. The number of nitrogens with one attached hydrogen (secondary N) is 3. The largest absolute Gasteiger partial charge is 0.370 e. The Bertz CT molecular complexity index is 1560. The van der Waals surface area contributed by atoms with E-state index in [0.29, 0.717) is 34.8 Å². The van der Waals surface area contributed by atoms with Crippen LogP contribution in [-0.4, -0.2) is 29.8 Å². The molecule has 5 rings (SSSR count). The molecule has 3 amide bonds. The van der Waals surface area contributed by atoms with Crippen LogP contribution >= 0.6 is 23.2 Å². The van der Waals surface area contributed by atoms with E-state index in [1.54, 1.807) is 42.5 Å². The van der Waals surface area contributed by atoms with Gasteiger partial charge in [-0.3, -0.25) is 14.4 Å². The van der Waals surface area contributed by atoms with Crippen molar-refractivity contribution in [1.29, 1.82) is 0 Å². The van der Waals surface area contributed by atoms with Gasteiger partial charge in [0.2, 0.25) is 17.7 Å². The molecule has 0 aliphatic carbocycles. The number of carbonyl (C=O) groups is 3. The quantitative estimate of drug-likeness (QED) is 0.265. The Balaban J connectivity index is 1.62. The van der Waals surface area contributed by atoms with Crippen LogP contribution in [0.2, 0.25) is 10.0 Å². The summed E-state index contributed by atoms with van der Waals surface area (Å²) in [6.45, 7) is 6.17. The molecule has 1 fully saturated rings. The number of halogens is 3. The maximum atomic E-state index is 15.9. The van der Waals surface area contributed by atoms with Crippen molar-refractivity contribution in [2.24, 2.45) is 11.1 Å². The Morgan fingerprint density at radius 3 is 2.45 bits per heavy atom. The van der Waals surface area contributed by atoms with Crippen molar-refractivity contribution in [3.8, 4) is 0 Å². The van der Waals surface area contributed by atoms with E-state index >= 15 is 4.39 Å². The summed E-state index contributed by atoms with van der Waals surface area (Å²) < 4.78 is 15.9. The number of rotatable bonds is 7. The van der Waals surface area contributed by atoms with Crippen molar-refractivity contribution in [3.05, 3.63) is 93.2 Å². The van der Waals surface area contributed by atoms with Crippen LogP contribution in [0.15, 0.2) is 60.7 Å². The first kappa shape index (κ1) is 30.0. The highest BCUT2D eigenvalue weighted by Gasteiger charge is 2.66. The van der Waals surface area contributed by atoms with Gasteiger partial charge in [-0.15, -0.1) is 0 Å². The highest BCUT2D eigenvalue weighted by molar-refractivity contribution is 6.31. The second kappa shape index (κ2) is 11.3. The summed E-state index contributed by atoms with van der Waals surface area (Å²) in [5.41, 5.74) is 6.45. The molecule has 1 spiro atoms. The zero-order chi connectivity index (χ0) is 30.4. The number of amides is 3. The summed E-state index contributed by atoms with van der Waals surface area (Å²) in [5.74, 6) is -2.76. The highest BCUT2D eigenvalue weighted by Crippen LogP contribution is 2.57. The van der Waals surface area contributed by atoms with Crippen molar-refractivity contribution in [1.82, 2.24) is 5.32 Å². The molecule has 0 aromatic heterocycles. The number of anilines is 2. The number of benzene rings is 3. The molecule has 10 heteroatoms. The molecule has 2 aliphatic heterocycles. The normalized spacial score (nSPS) is 23.1. The molecular formula is C32H33Cl2FN4O3. The van der Waals surface area contributed by atoms with Gasteiger partial charge in [-0.05, 0) is 65.3 Å². The van der Waals surface area contributed by atoms with Crippen LogP contribution in [0.5, 0.6) is 0 Å². The summed E-state index contributed by atoms with van der Waals surface area (Å²) in [7, 11) is 0. The van der Waals surface area contributed by atoms with E-state index in [1.165, 1.54) is 6.07 Å². The topological polar surface area (TPSA) is 113 Å². The first-order valence-electron chi connectivity index (χ1n) is 13.8. The fraction of sp³-hybridized carbons (Fsp3) is 0.344. The smallest absolute Gasteiger partial charge is 0.242 e. The van der Waals surface area contributed by atoms with Crippen LogP contribution in [-0.2, 0) is 26.2 Å². The van der Waals surface area contributed by atoms with Crippen LogP contribution in [0.1, 0.15) is 56.2 Å². The molecule has 220 valence electrons. The maximum Gasteiger partial charge on any atom is 0.242 e. The minimum atomic E-state index is -1.33. The van der Waals surface area contributed by atoms with Crippen molar-refractivity contribution in [2.45, 2.75) is 63.5 Å². The van der Waals surface area contributed by atoms with E-state index in [1.807, 2.05) is 12.1 Å². The predicted octanol–water partition coefficient (Wildman–Crippen LogP) is 5.94. The van der Waals surface area contributed by atoms with Crippen LogP contribution < -0.4 is 21.7 Å². The summed E-state index contributed by atoms with van der Waals surface area (Å²) in [5, 5.41) is 9.73. The van der Waals surface area contributed by atoms with Gasteiger partial charge >= 0.3 is 0 Å². The van der Waals surface area contributed by atoms with Crippen LogP contribution in [0, 0.1) is 11.2 Å². The standard InChI is InChI=1S/C32H33Cl2FN4O3/c1-31(2,3)16-24-32(21-13-10-18(33)15-23(21)38-30(32)42)26(20-5-4-6-22(34)27(20)35)28(39-24)29(41)37-19-11-7-17(8-12-19)9-14-25(36)40/h4-8,10-13,15,24,26,28,39H,9,14,16H2,1-3H3,(H2,36,40)(H,37,41)(H,38,42)/t24-,26-,28+,32+/m0/s1. The lowest BCUT2D eigenvalue weighted by Gasteiger charge is -2.37. The predicted molar refractivity (Wildman–Crippen MR) is 163 cm³/mol. The Hall–Kier alpha value is -3.46. The molecule has 3 aromatic carbocycles. The van der Waals surface area contributed by atoms with Gasteiger partial charge < -0.3 is 21.7 Å². The average molecular weight is 612 g/mol. The molecule has 2 aliphatic rings. The average Bonchev–Trinajstić information content (AvgIpc) is 3.38. The van der Waals surface area contributed by atoms with Crippen LogP contribution in [0.4, 0.5) is 15.8 Å². The van der Waals surface area contributed by atoms with Gasteiger partial charge in [0.15, 0.2) is 0 Å². The SMILES string of the molecule is CC(C)(C)C[C@@H]1N[C@@H](C(=O)Nc2ccc(CCC(N)=O)cc2)[C@H](c2cccc(Cl)c2F)[C@]12C(=O)Nc1cc(Cl)ccc12. The third kappa shape index (κ3) is 5.51. The summed E-state index contributed by atoms with van der Waals surface area (Å²) in [6.07, 6.45) is 1.22. The zero-order valence-corrected chi connectivity index (χ0v) is 25.1. The van der Waals surface area contributed by atoms with Crippen molar-refractivity contribution >= 4 is 52.3 Å². The molecule has 0 radical (unpaired) electrons. The van der Waals surface area contributed by atoms with Crippen LogP contribution in [0.25, 0.3) is 0 Å². The van der Waals surface area contributed by atoms with E-state index < -0.39 is 41.0 Å². The Morgan fingerprint density at radius 1 is 1.07 bits per heavy atom. The molecule has 3 aromatic rings. The Labute approximate surface area is 254 Å². The van der Waals surface area contributed by atoms with E-state index in [9.17, 15) is 14.4 Å². The summed E-state index contributed by atoms with van der Waals surface area (Å²) in [4.78, 5) is 39.4. The van der Waals surface area contributed by atoms with Crippen LogP contribution in [0.3, 0.4) is 0 Å². The third-order valence-electron chi connectivity index (χ3n) is 8.10. The van der Waals surface area contributed by atoms with Gasteiger partial charge in [0.1, 0.15) is 11.2 Å². The molecule has 0 bridgehead atoms. The van der Waals surface area contributed by atoms with E-state index in [-0.39, 0.29) is 28.3 Å². The minimum absolute atomic E-state index is 0.0950. The van der Waals surface area contributed by atoms with Gasteiger partial charge in [-0.25, -0.2) is 4.39 Å². The number of fused-ring (bicyclic) bond motifs is 2. The molecule has 2 heterocycles. The highest BCUT2D eigenvalue weighted by atomic mass is 35.5. The number of carbonyl (C=O) groups excluding carboxylic acids is 3. The van der Waals surface area contributed by atoms with E-state index in [4.69, 9.17) is 28.9 Å². The second-order valence-electron chi connectivity index (χ2n) is 12.2. The molecule has 1 saturated heterocycles. The van der Waals surface area contributed by atoms with Gasteiger partial charge in [0.05, 0.1) is 11.1 Å². The number of aryl methyl sites for hydroxylation is 1. The van der Waals surface area contributed by atoms with Crippen molar-refractivity contribution < 1.29 is 18.8 Å². The molecular weight excluding hydrogens is 578 g/mol. The Kier molecular flexibility index (Phi) is 8.09. The van der Waals surface area contributed by atoms with Gasteiger partial charge in [-0.1, -0.05) is 74.3 Å². The van der Waals surface area contributed by atoms with Crippen molar-refractivity contribution in [3.63, 3.8) is 0 Å². The number of hydrogen-bond donors (Lipinski definition) is 4. The van der Waals surface area contributed by atoms with E-state index in [0.717, 1.165) is 5.56 Å². The third-order valence-corrected chi connectivity index (χ3v) is 8.63. The molecule has 7 nitrogen and oxygen atoms in total.